The molecule has 0 aromatic heterocycles. The number of amides is 1. The highest BCUT2D eigenvalue weighted by molar-refractivity contribution is 5.76. The Bertz CT molecular complexity index is 438. The molecule has 1 saturated carbocycles. The standard InChI is InChI=1S/C16H27NO5/c1-15(2,3)22-14(20)17-10-6-5-7-11(17)16(8-9-16)12(18)13(19)21-4/h11-12,18H,5-10H2,1-4H3. The minimum Gasteiger partial charge on any atom is -0.467 e. The molecule has 22 heavy (non-hydrogen) atoms. The van der Waals surface area contributed by atoms with E-state index in [-0.39, 0.29) is 12.1 Å². The van der Waals surface area contributed by atoms with E-state index in [1.165, 1.54) is 7.11 Å². The predicted octanol–water partition coefficient (Wildman–Crippen LogP) is 2.09. The number of likely N-dealkylation sites (tertiary alicyclic amines) is 1. The second-order valence-electron chi connectivity index (χ2n) is 7.34. The molecule has 1 amide bonds. The maximum Gasteiger partial charge on any atom is 0.410 e. The number of carbonyl (C=O) groups excluding carboxylic acids is 2. The predicted molar refractivity (Wildman–Crippen MR) is 80.3 cm³/mol. The van der Waals surface area contributed by atoms with E-state index in [0.29, 0.717) is 6.54 Å². The molecule has 0 aromatic rings. The molecule has 0 spiro atoms. The number of nitrogens with zero attached hydrogens (tertiary/aromatic N) is 1. The fourth-order valence-electron chi connectivity index (χ4n) is 3.35. The van der Waals surface area contributed by atoms with Crippen molar-refractivity contribution in [2.75, 3.05) is 13.7 Å². The van der Waals surface area contributed by atoms with Crippen LogP contribution in [-0.2, 0) is 14.3 Å². The maximum absolute atomic E-state index is 12.5. The molecular weight excluding hydrogens is 286 g/mol. The molecule has 2 unspecified atom stereocenters. The van der Waals surface area contributed by atoms with Gasteiger partial charge >= 0.3 is 12.1 Å². The summed E-state index contributed by atoms with van der Waals surface area (Å²) in [6, 6.07) is -0.162. The molecule has 1 N–H and O–H groups in total. The summed E-state index contributed by atoms with van der Waals surface area (Å²) in [7, 11) is 1.27. The Morgan fingerprint density at radius 1 is 1.27 bits per heavy atom. The van der Waals surface area contributed by atoms with Gasteiger partial charge in [-0.2, -0.15) is 0 Å². The first-order valence-corrected chi connectivity index (χ1v) is 7.97. The number of rotatable bonds is 3. The molecule has 2 atom stereocenters. The van der Waals surface area contributed by atoms with Crippen molar-refractivity contribution in [2.24, 2.45) is 5.41 Å². The van der Waals surface area contributed by atoms with Crippen LogP contribution < -0.4 is 0 Å². The number of aliphatic hydroxyl groups excluding tert-OH is 1. The quantitative estimate of drug-likeness (QED) is 0.807. The Morgan fingerprint density at radius 2 is 1.91 bits per heavy atom. The number of methoxy groups -OCH3 is 1. The van der Waals surface area contributed by atoms with Crippen molar-refractivity contribution in [2.45, 2.75) is 70.6 Å². The van der Waals surface area contributed by atoms with Gasteiger partial charge in [-0.15, -0.1) is 0 Å². The van der Waals surface area contributed by atoms with Crippen molar-refractivity contribution in [3.63, 3.8) is 0 Å². The van der Waals surface area contributed by atoms with Gasteiger partial charge in [0, 0.05) is 18.0 Å². The second-order valence-corrected chi connectivity index (χ2v) is 7.34. The van der Waals surface area contributed by atoms with Crippen LogP contribution in [0.5, 0.6) is 0 Å². The molecule has 0 aromatic carbocycles. The van der Waals surface area contributed by atoms with Gasteiger partial charge in [0.05, 0.1) is 7.11 Å². The van der Waals surface area contributed by atoms with Gasteiger partial charge in [0.15, 0.2) is 6.10 Å². The van der Waals surface area contributed by atoms with Crippen molar-refractivity contribution in [3.8, 4) is 0 Å². The minimum absolute atomic E-state index is 0.162. The molecule has 0 bridgehead atoms. The van der Waals surface area contributed by atoms with Gasteiger partial charge in [-0.3, -0.25) is 0 Å². The van der Waals surface area contributed by atoms with Crippen molar-refractivity contribution in [1.29, 1.82) is 0 Å². The lowest BCUT2D eigenvalue weighted by molar-refractivity contribution is -0.157. The van der Waals surface area contributed by atoms with Crippen LogP contribution >= 0.6 is 0 Å². The topological polar surface area (TPSA) is 76.1 Å². The van der Waals surface area contributed by atoms with Gasteiger partial charge in [-0.05, 0) is 52.9 Å². The highest BCUT2D eigenvalue weighted by atomic mass is 16.6. The zero-order valence-corrected chi connectivity index (χ0v) is 13.9. The highest BCUT2D eigenvalue weighted by Crippen LogP contribution is 2.55. The second kappa shape index (κ2) is 6.07. The summed E-state index contributed by atoms with van der Waals surface area (Å²) in [6.45, 7) is 6.11. The molecule has 1 aliphatic heterocycles. The van der Waals surface area contributed by atoms with E-state index < -0.39 is 23.1 Å². The van der Waals surface area contributed by atoms with Crippen molar-refractivity contribution >= 4 is 12.1 Å². The lowest BCUT2D eigenvalue weighted by Gasteiger charge is -2.42. The highest BCUT2D eigenvalue weighted by Gasteiger charge is 2.60. The Hall–Kier alpha value is -1.30. The first-order chi connectivity index (χ1) is 10.2. The van der Waals surface area contributed by atoms with E-state index in [1.807, 2.05) is 20.8 Å². The van der Waals surface area contributed by atoms with Gasteiger partial charge in [-0.1, -0.05) is 0 Å². The zero-order chi connectivity index (χ0) is 16.5. The smallest absolute Gasteiger partial charge is 0.410 e. The summed E-state index contributed by atoms with van der Waals surface area (Å²) in [5.74, 6) is -0.618. The summed E-state index contributed by atoms with van der Waals surface area (Å²) in [6.07, 6.45) is 2.61. The number of hydrogen-bond acceptors (Lipinski definition) is 5. The molecule has 1 saturated heterocycles. The van der Waals surface area contributed by atoms with Crippen LogP contribution in [0.3, 0.4) is 0 Å². The van der Waals surface area contributed by atoms with Crippen LogP contribution in [0.1, 0.15) is 52.9 Å². The largest absolute Gasteiger partial charge is 0.467 e. The molecule has 1 heterocycles. The number of ether oxygens (including phenoxy) is 2. The number of carbonyl (C=O) groups is 2. The van der Waals surface area contributed by atoms with Gasteiger partial charge in [0.25, 0.3) is 0 Å². The molecule has 126 valence electrons. The molecule has 6 heteroatoms. The van der Waals surface area contributed by atoms with Crippen LogP contribution in [-0.4, -0.2) is 53.5 Å². The monoisotopic (exact) mass is 313 g/mol. The lowest BCUT2D eigenvalue weighted by Crippen LogP contribution is -2.54. The summed E-state index contributed by atoms with van der Waals surface area (Å²) < 4.78 is 10.2. The average molecular weight is 313 g/mol. The van der Waals surface area contributed by atoms with E-state index in [2.05, 4.69) is 4.74 Å². The van der Waals surface area contributed by atoms with E-state index in [0.717, 1.165) is 32.1 Å². The fourth-order valence-corrected chi connectivity index (χ4v) is 3.35. The Morgan fingerprint density at radius 3 is 2.41 bits per heavy atom. The molecule has 2 fully saturated rings. The Kier molecular flexibility index (Phi) is 4.70. The summed E-state index contributed by atoms with van der Waals surface area (Å²) in [5.41, 5.74) is -1.12. The average Bonchev–Trinajstić information content (AvgIpc) is 3.25. The van der Waals surface area contributed by atoms with Crippen LogP contribution in [0, 0.1) is 5.41 Å². The summed E-state index contributed by atoms with van der Waals surface area (Å²) >= 11 is 0. The number of hydrogen-bond donors (Lipinski definition) is 1. The van der Waals surface area contributed by atoms with E-state index >= 15 is 0 Å². The normalized spacial score (nSPS) is 25.3. The van der Waals surface area contributed by atoms with E-state index in [4.69, 9.17) is 4.74 Å². The summed E-state index contributed by atoms with van der Waals surface area (Å²) in [4.78, 5) is 25.9. The summed E-state index contributed by atoms with van der Waals surface area (Å²) in [5, 5.41) is 10.3. The van der Waals surface area contributed by atoms with Gasteiger partial charge in [0.1, 0.15) is 5.60 Å². The first-order valence-electron chi connectivity index (χ1n) is 7.97. The number of aliphatic hydroxyl groups is 1. The minimum atomic E-state index is -1.18. The zero-order valence-electron chi connectivity index (χ0n) is 13.9. The van der Waals surface area contributed by atoms with Gasteiger partial charge in [-0.25, -0.2) is 9.59 Å². The maximum atomic E-state index is 12.5. The SMILES string of the molecule is COC(=O)C(O)C1(C2CCCCN2C(=O)OC(C)(C)C)CC1. The van der Waals surface area contributed by atoms with Gasteiger partial charge in [0.2, 0.25) is 0 Å². The van der Waals surface area contributed by atoms with Crippen molar-refractivity contribution in [1.82, 2.24) is 4.90 Å². The first kappa shape index (κ1) is 17.1. The number of esters is 1. The van der Waals surface area contributed by atoms with Crippen LogP contribution in [0.2, 0.25) is 0 Å². The molecule has 1 aliphatic carbocycles. The van der Waals surface area contributed by atoms with Gasteiger partial charge < -0.3 is 19.5 Å². The van der Waals surface area contributed by atoms with Crippen LogP contribution in [0.25, 0.3) is 0 Å². The number of piperidine rings is 1. The molecule has 2 rings (SSSR count). The Labute approximate surface area is 131 Å². The Balaban J connectivity index is 2.16. The van der Waals surface area contributed by atoms with Crippen LogP contribution in [0.4, 0.5) is 4.79 Å². The molecular formula is C16H27NO5. The van der Waals surface area contributed by atoms with Crippen LogP contribution in [0.15, 0.2) is 0 Å². The third kappa shape index (κ3) is 3.37. The fraction of sp³-hybridized carbons (Fsp3) is 0.875. The molecule has 2 aliphatic rings. The third-order valence-electron chi connectivity index (χ3n) is 4.59. The van der Waals surface area contributed by atoms with E-state index in [1.54, 1.807) is 4.90 Å². The van der Waals surface area contributed by atoms with Crippen molar-refractivity contribution < 1.29 is 24.2 Å². The lowest BCUT2D eigenvalue weighted by atomic mass is 9.83. The molecule has 6 nitrogen and oxygen atoms in total. The molecule has 0 radical (unpaired) electrons. The van der Waals surface area contributed by atoms with E-state index in [9.17, 15) is 14.7 Å². The van der Waals surface area contributed by atoms with Crippen molar-refractivity contribution in [3.05, 3.63) is 0 Å². The third-order valence-corrected chi connectivity index (χ3v) is 4.59.